The Morgan fingerprint density at radius 2 is 1.61 bits per heavy atom. The molecule has 120 valence electrons. The number of carbonyl (C=O) groups is 2. The molecule has 1 aromatic carbocycles. The molecule has 0 aliphatic carbocycles. The summed E-state index contributed by atoms with van der Waals surface area (Å²) in [5.41, 5.74) is 0.491. The SMILES string of the molecule is CC(C)(C)Sc1ccc(NC(=O)c2cnc(C(=O)O)cn2)cc1. The number of carboxylic acid groups (broad SMARTS) is 1. The van der Waals surface area contributed by atoms with Gasteiger partial charge in [0.2, 0.25) is 0 Å². The van der Waals surface area contributed by atoms with E-state index in [2.05, 4.69) is 36.1 Å². The molecule has 2 rings (SSSR count). The van der Waals surface area contributed by atoms with Gasteiger partial charge in [0.15, 0.2) is 5.69 Å². The van der Waals surface area contributed by atoms with Crippen molar-refractivity contribution >= 4 is 29.3 Å². The Labute approximate surface area is 138 Å². The summed E-state index contributed by atoms with van der Waals surface area (Å²) in [6, 6.07) is 7.49. The zero-order valence-electron chi connectivity index (χ0n) is 13.0. The topological polar surface area (TPSA) is 92.2 Å². The van der Waals surface area contributed by atoms with E-state index in [-0.39, 0.29) is 16.1 Å². The third kappa shape index (κ3) is 5.07. The zero-order chi connectivity index (χ0) is 17.0. The molecule has 0 aliphatic rings. The van der Waals surface area contributed by atoms with E-state index in [0.29, 0.717) is 5.69 Å². The molecule has 0 fully saturated rings. The first kappa shape index (κ1) is 17.0. The van der Waals surface area contributed by atoms with E-state index in [4.69, 9.17) is 5.11 Å². The number of carbonyl (C=O) groups excluding carboxylic acids is 1. The Morgan fingerprint density at radius 1 is 1.04 bits per heavy atom. The summed E-state index contributed by atoms with van der Waals surface area (Å²) in [4.78, 5) is 31.3. The fourth-order valence-electron chi connectivity index (χ4n) is 1.71. The van der Waals surface area contributed by atoms with Crippen LogP contribution < -0.4 is 5.32 Å². The first-order chi connectivity index (χ1) is 10.7. The summed E-state index contributed by atoms with van der Waals surface area (Å²) < 4.78 is 0.117. The lowest BCUT2D eigenvalue weighted by Gasteiger charge is -2.17. The predicted octanol–water partition coefficient (Wildman–Crippen LogP) is 3.32. The van der Waals surface area contributed by atoms with Crippen LogP contribution in [0.5, 0.6) is 0 Å². The summed E-state index contributed by atoms with van der Waals surface area (Å²) in [7, 11) is 0. The van der Waals surface area contributed by atoms with Gasteiger partial charge in [-0.3, -0.25) is 4.79 Å². The summed E-state index contributed by atoms with van der Waals surface area (Å²) in [6.07, 6.45) is 2.20. The number of rotatable bonds is 4. The van der Waals surface area contributed by atoms with Gasteiger partial charge in [-0.15, -0.1) is 11.8 Å². The van der Waals surface area contributed by atoms with E-state index in [9.17, 15) is 9.59 Å². The average molecular weight is 331 g/mol. The molecule has 0 aliphatic heterocycles. The normalized spacial score (nSPS) is 11.1. The van der Waals surface area contributed by atoms with Crippen LogP contribution in [0.4, 0.5) is 5.69 Å². The molecule has 0 saturated heterocycles. The first-order valence-electron chi connectivity index (χ1n) is 6.90. The third-order valence-electron chi connectivity index (χ3n) is 2.64. The number of nitrogens with one attached hydrogen (secondary N) is 1. The third-order valence-corrected chi connectivity index (χ3v) is 3.76. The fourth-order valence-corrected chi connectivity index (χ4v) is 2.69. The van der Waals surface area contributed by atoms with Crippen molar-refractivity contribution in [2.24, 2.45) is 0 Å². The van der Waals surface area contributed by atoms with Crippen molar-refractivity contribution in [3.05, 3.63) is 48.0 Å². The van der Waals surface area contributed by atoms with Gasteiger partial charge in [-0.1, -0.05) is 20.8 Å². The quantitative estimate of drug-likeness (QED) is 0.835. The number of hydrogen-bond acceptors (Lipinski definition) is 5. The molecule has 1 amide bonds. The van der Waals surface area contributed by atoms with E-state index < -0.39 is 11.9 Å². The summed E-state index contributed by atoms with van der Waals surface area (Å²) in [6.45, 7) is 6.40. The number of hydrogen-bond donors (Lipinski definition) is 2. The van der Waals surface area contributed by atoms with Gasteiger partial charge >= 0.3 is 5.97 Å². The van der Waals surface area contributed by atoms with Gasteiger partial charge in [-0.05, 0) is 24.3 Å². The van der Waals surface area contributed by atoms with Crippen LogP contribution in [0.3, 0.4) is 0 Å². The molecule has 0 spiro atoms. The van der Waals surface area contributed by atoms with Crippen LogP contribution in [0.1, 0.15) is 41.7 Å². The number of aromatic carboxylic acids is 1. The van der Waals surface area contributed by atoms with Crippen molar-refractivity contribution in [2.75, 3.05) is 5.32 Å². The van der Waals surface area contributed by atoms with E-state index >= 15 is 0 Å². The number of carboxylic acids is 1. The van der Waals surface area contributed by atoms with Crippen molar-refractivity contribution in [3.8, 4) is 0 Å². The van der Waals surface area contributed by atoms with Crippen LogP contribution in [0, 0.1) is 0 Å². The highest BCUT2D eigenvalue weighted by molar-refractivity contribution is 8.00. The van der Waals surface area contributed by atoms with Gasteiger partial charge in [-0.25, -0.2) is 14.8 Å². The number of benzene rings is 1. The Bertz CT molecular complexity index is 707. The fraction of sp³-hybridized carbons (Fsp3) is 0.250. The van der Waals surface area contributed by atoms with Crippen molar-refractivity contribution in [2.45, 2.75) is 30.4 Å². The smallest absolute Gasteiger partial charge is 0.356 e. The second-order valence-electron chi connectivity index (χ2n) is 5.78. The zero-order valence-corrected chi connectivity index (χ0v) is 13.8. The van der Waals surface area contributed by atoms with Gasteiger partial charge in [0.25, 0.3) is 5.91 Å². The maximum atomic E-state index is 12.0. The number of thioether (sulfide) groups is 1. The number of nitrogens with zero attached hydrogens (tertiary/aromatic N) is 2. The van der Waals surface area contributed by atoms with Crippen molar-refractivity contribution in [1.82, 2.24) is 9.97 Å². The molecule has 2 aromatic rings. The van der Waals surface area contributed by atoms with Crippen LogP contribution in [0.15, 0.2) is 41.6 Å². The minimum atomic E-state index is -1.18. The Morgan fingerprint density at radius 3 is 2.09 bits per heavy atom. The van der Waals surface area contributed by atoms with Gasteiger partial charge in [0.1, 0.15) is 5.69 Å². The lowest BCUT2D eigenvalue weighted by atomic mass is 10.3. The van der Waals surface area contributed by atoms with Gasteiger partial charge in [-0.2, -0.15) is 0 Å². The van der Waals surface area contributed by atoms with Gasteiger partial charge < -0.3 is 10.4 Å². The predicted molar refractivity (Wildman–Crippen MR) is 89.0 cm³/mol. The molecule has 7 heteroatoms. The molecular formula is C16H17N3O3S. The second kappa shape index (κ2) is 6.78. The number of aromatic nitrogens is 2. The molecule has 1 heterocycles. The van der Waals surface area contributed by atoms with Crippen molar-refractivity contribution in [1.29, 1.82) is 0 Å². The molecule has 0 saturated carbocycles. The molecule has 0 atom stereocenters. The highest BCUT2D eigenvalue weighted by Crippen LogP contribution is 2.32. The van der Waals surface area contributed by atoms with Crippen LogP contribution in [-0.4, -0.2) is 31.7 Å². The van der Waals surface area contributed by atoms with Crippen molar-refractivity contribution in [3.63, 3.8) is 0 Å². The lowest BCUT2D eigenvalue weighted by Crippen LogP contribution is -2.15. The van der Waals surface area contributed by atoms with Crippen LogP contribution >= 0.6 is 11.8 Å². The molecule has 6 nitrogen and oxygen atoms in total. The first-order valence-corrected chi connectivity index (χ1v) is 7.72. The number of amides is 1. The second-order valence-corrected chi connectivity index (χ2v) is 7.69. The maximum Gasteiger partial charge on any atom is 0.356 e. The van der Waals surface area contributed by atoms with Gasteiger partial charge in [0.05, 0.1) is 12.4 Å². The van der Waals surface area contributed by atoms with E-state index in [1.165, 1.54) is 0 Å². The minimum Gasteiger partial charge on any atom is -0.476 e. The van der Waals surface area contributed by atoms with Crippen LogP contribution in [0.25, 0.3) is 0 Å². The minimum absolute atomic E-state index is 0.0585. The molecule has 23 heavy (non-hydrogen) atoms. The molecular weight excluding hydrogens is 314 g/mol. The summed E-state index contributed by atoms with van der Waals surface area (Å²) in [5, 5.41) is 11.4. The molecule has 0 bridgehead atoms. The Balaban J connectivity index is 2.03. The van der Waals surface area contributed by atoms with Gasteiger partial charge in [0, 0.05) is 15.3 Å². The summed E-state index contributed by atoms with van der Waals surface area (Å²) in [5.74, 6) is -1.62. The van der Waals surface area contributed by atoms with E-state index in [0.717, 1.165) is 17.3 Å². The highest BCUT2D eigenvalue weighted by Gasteiger charge is 2.13. The molecule has 2 N–H and O–H groups in total. The van der Waals surface area contributed by atoms with Crippen LogP contribution in [-0.2, 0) is 0 Å². The standard InChI is InChI=1S/C16H17N3O3S/c1-16(2,3)23-11-6-4-10(5-7-11)19-14(20)12-8-18-13(9-17-12)15(21)22/h4-9H,1-3H3,(H,19,20)(H,21,22). The largest absolute Gasteiger partial charge is 0.476 e. The molecule has 0 radical (unpaired) electrons. The molecule has 1 aromatic heterocycles. The van der Waals surface area contributed by atoms with Crippen LogP contribution in [0.2, 0.25) is 0 Å². The summed E-state index contributed by atoms with van der Waals surface area (Å²) >= 11 is 1.74. The van der Waals surface area contributed by atoms with Crippen molar-refractivity contribution < 1.29 is 14.7 Å². The lowest BCUT2D eigenvalue weighted by molar-refractivity contribution is 0.0689. The monoisotopic (exact) mass is 331 g/mol. The Kier molecular flexibility index (Phi) is 5.00. The number of anilines is 1. The Hall–Kier alpha value is -2.41. The average Bonchev–Trinajstić information content (AvgIpc) is 2.48. The van der Waals surface area contributed by atoms with E-state index in [1.807, 2.05) is 24.3 Å². The maximum absolute atomic E-state index is 12.0. The highest BCUT2D eigenvalue weighted by atomic mass is 32.2. The molecule has 0 unspecified atom stereocenters. The van der Waals surface area contributed by atoms with E-state index in [1.54, 1.807) is 11.8 Å².